The van der Waals surface area contributed by atoms with Crippen molar-refractivity contribution in [1.29, 1.82) is 0 Å². The highest BCUT2D eigenvalue weighted by Crippen LogP contribution is 2.17. The molecule has 0 saturated heterocycles. The van der Waals surface area contributed by atoms with Crippen LogP contribution in [0.1, 0.15) is 37.0 Å². The quantitative estimate of drug-likeness (QED) is 0.808. The molecule has 1 aromatic rings. The van der Waals surface area contributed by atoms with Crippen LogP contribution in [-0.2, 0) is 11.2 Å². The first-order chi connectivity index (χ1) is 7.54. The van der Waals surface area contributed by atoms with Crippen molar-refractivity contribution >= 4 is 28.4 Å². The number of nitrogens with zero attached hydrogens (tertiary/aromatic N) is 2. The Kier molecular flexibility index (Phi) is 5.17. The smallest absolute Gasteiger partial charge is 0.322 e. The first-order valence-electron chi connectivity index (χ1n) is 5.07. The molecule has 0 bridgehead atoms. The number of rotatable bonds is 5. The molecular weight excluding hydrogens is 246 g/mol. The van der Waals surface area contributed by atoms with Crippen molar-refractivity contribution < 1.29 is 9.35 Å². The van der Waals surface area contributed by atoms with E-state index in [0.29, 0.717) is 10.1 Å². The largest absolute Gasteiger partial charge is 0.610 e. The standard InChI is InChI=1S/C9H15N3O2S2/c1-4-5-16(14)9-12-11-8(15-9)7(13)10-6(2)3/h6H,4-5H2,1-3H3,(H,10,13). The van der Waals surface area contributed by atoms with Gasteiger partial charge in [-0.05, 0) is 31.6 Å². The summed E-state index contributed by atoms with van der Waals surface area (Å²) in [5.41, 5.74) is 0. The highest BCUT2D eigenvalue weighted by Gasteiger charge is 2.20. The zero-order valence-electron chi connectivity index (χ0n) is 9.52. The van der Waals surface area contributed by atoms with Gasteiger partial charge in [-0.2, -0.15) is 0 Å². The molecular formula is C9H15N3O2S2. The van der Waals surface area contributed by atoms with Crippen molar-refractivity contribution in [3.05, 3.63) is 5.01 Å². The molecule has 1 atom stereocenters. The van der Waals surface area contributed by atoms with E-state index in [9.17, 15) is 9.35 Å². The first-order valence-corrected chi connectivity index (χ1v) is 7.20. The predicted octanol–water partition coefficient (Wildman–Crippen LogP) is 1.19. The van der Waals surface area contributed by atoms with Crippen LogP contribution in [0, 0.1) is 0 Å². The Morgan fingerprint density at radius 1 is 1.56 bits per heavy atom. The van der Waals surface area contributed by atoms with Gasteiger partial charge in [-0.25, -0.2) is 0 Å². The fourth-order valence-electron chi connectivity index (χ4n) is 0.990. The summed E-state index contributed by atoms with van der Waals surface area (Å²) >= 11 is -0.0303. The molecule has 1 N–H and O–H groups in total. The molecule has 0 aliphatic rings. The molecule has 0 saturated carbocycles. The van der Waals surface area contributed by atoms with Crippen molar-refractivity contribution in [3.8, 4) is 0 Å². The zero-order chi connectivity index (χ0) is 12.1. The molecule has 0 fully saturated rings. The van der Waals surface area contributed by atoms with Crippen molar-refractivity contribution in [1.82, 2.24) is 15.5 Å². The number of nitrogens with one attached hydrogen (secondary N) is 1. The van der Waals surface area contributed by atoms with E-state index in [0.717, 1.165) is 17.8 Å². The number of hydrogen-bond acceptors (Lipinski definition) is 5. The molecule has 0 aromatic carbocycles. The lowest BCUT2D eigenvalue weighted by Gasteiger charge is -2.04. The SMILES string of the molecule is CCC[S+]([O-])c1nnc(C(=O)NC(C)C)s1. The summed E-state index contributed by atoms with van der Waals surface area (Å²) in [7, 11) is 0. The van der Waals surface area contributed by atoms with Crippen LogP contribution in [-0.4, -0.2) is 32.5 Å². The number of hydrogen-bond donors (Lipinski definition) is 1. The van der Waals surface area contributed by atoms with Gasteiger partial charge in [0.2, 0.25) is 5.01 Å². The Hall–Kier alpha value is -0.660. The second kappa shape index (κ2) is 6.17. The second-order valence-corrected chi connectivity index (χ2v) is 6.27. The summed E-state index contributed by atoms with van der Waals surface area (Å²) < 4.78 is 12.0. The van der Waals surface area contributed by atoms with E-state index in [2.05, 4.69) is 15.5 Å². The summed E-state index contributed by atoms with van der Waals surface area (Å²) in [5, 5.41) is 10.5. The van der Waals surface area contributed by atoms with Gasteiger partial charge in [-0.3, -0.25) is 4.79 Å². The van der Waals surface area contributed by atoms with Crippen LogP contribution in [0.25, 0.3) is 0 Å². The van der Waals surface area contributed by atoms with E-state index in [-0.39, 0.29) is 17.0 Å². The Labute approximate surface area is 102 Å². The molecule has 1 unspecified atom stereocenters. The Bertz CT molecular complexity index is 354. The third-order valence-corrected chi connectivity index (χ3v) is 4.38. The van der Waals surface area contributed by atoms with Crippen LogP contribution in [0.3, 0.4) is 0 Å². The molecule has 1 heterocycles. The molecule has 0 spiro atoms. The molecule has 90 valence electrons. The molecule has 1 amide bonds. The Morgan fingerprint density at radius 3 is 2.81 bits per heavy atom. The topological polar surface area (TPSA) is 77.9 Å². The maximum Gasteiger partial charge on any atom is 0.322 e. The fraction of sp³-hybridized carbons (Fsp3) is 0.667. The van der Waals surface area contributed by atoms with Gasteiger partial charge in [-0.15, -0.1) is 5.10 Å². The van der Waals surface area contributed by atoms with E-state index in [4.69, 9.17) is 0 Å². The van der Waals surface area contributed by atoms with E-state index in [1.807, 2.05) is 20.8 Å². The minimum Gasteiger partial charge on any atom is -0.610 e. The minimum absolute atomic E-state index is 0.0565. The van der Waals surface area contributed by atoms with Crippen molar-refractivity contribution in [3.63, 3.8) is 0 Å². The maximum atomic E-state index is 11.6. The first kappa shape index (κ1) is 13.4. The van der Waals surface area contributed by atoms with Gasteiger partial charge in [0.05, 0.1) is 0 Å². The molecule has 0 aliphatic carbocycles. The third-order valence-electron chi connectivity index (χ3n) is 1.60. The number of carbonyl (C=O) groups excluding carboxylic acids is 1. The molecule has 1 aromatic heterocycles. The highest BCUT2D eigenvalue weighted by atomic mass is 32.2. The Morgan fingerprint density at radius 2 is 2.25 bits per heavy atom. The Balaban J connectivity index is 2.67. The molecule has 1 rings (SSSR count). The van der Waals surface area contributed by atoms with Crippen LogP contribution >= 0.6 is 11.3 Å². The molecule has 7 heteroatoms. The number of carbonyl (C=O) groups is 1. The molecule has 5 nitrogen and oxygen atoms in total. The average molecular weight is 261 g/mol. The summed E-state index contributed by atoms with van der Waals surface area (Å²) in [6.07, 6.45) is 0.819. The normalized spacial score (nSPS) is 12.8. The van der Waals surface area contributed by atoms with Gasteiger partial charge in [0.15, 0.2) is 0 Å². The lowest BCUT2D eigenvalue weighted by Crippen LogP contribution is -2.29. The van der Waals surface area contributed by atoms with E-state index in [1.165, 1.54) is 0 Å². The second-order valence-electron chi connectivity index (χ2n) is 3.55. The summed E-state index contributed by atoms with van der Waals surface area (Å²) in [6.45, 7) is 5.69. The average Bonchev–Trinajstić information content (AvgIpc) is 2.65. The molecule has 0 aliphatic heterocycles. The van der Waals surface area contributed by atoms with E-state index in [1.54, 1.807) is 0 Å². The lowest BCUT2D eigenvalue weighted by atomic mass is 10.4. The van der Waals surface area contributed by atoms with Crippen molar-refractivity contribution in [2.24, 2.45) is 0 Å². The van der Waals surface area contributed by atoms with Gasteiger partial charge in [0.1, 0.15) is 5.75 Å². The minimum atomic E-state index is -1.13. The monoisotopic (exact) mass is 261 g/mol. The van der Waals surface area contributed by atoms with Gasteiger partial charge in [-0.1, -0.05) is 12.0 Å². The van der Waals surface area contributed by atoms with Crippen LogP contribution in [0.2, 0.25) is 0 Å². The zero-order valence-corrected chi connectivity index (χ0v) is 11.2. The van der Waals surface area contributed by atoms with Crippen LogP contribution in [0.4, 0.5) is 0 Å². The fourth-order valence-corrected chi connectivity index (χ4v) is 3.01. The number of aromatic nitrogens is 2. The molecule has 16 heavy (non-hydrogen) atoms. The number of amides is 1. The van der Waals surface area contributed by atoms with Crippen molar-refractivity contribution in [2.45, 2.75) is 37.6 Å². The van der Waals surface area contributed by atoms with Crippen molar-refractivity contribution in [2.75, 3.05) is 5.75 Å². The van der Waals surface area contributed by atoms with Gasteiger partial charge < -0.3 is 9.87 Å². The summed E-state index contributed by atoms with van der Waals surface area (Å²) in [4.78, 5) is 11.5. The summed E-state index contributed by atoms with van der Waals surface area (Å²) in [6, 6.07) is 0.0565. The van der Waals surface area contributed by atoms with Gasteiger partial charge >= 0.3 is 4.34 Å². The molecule has 0 radical (unpaired) electrons. The van der Waals surface area contributed by atoms with E-state index < -0.39 is 11.2 Å². The van der Waals surface area contributed by atoms with Crippen LogP contribution in [0.5, 0.6) is 0 Å². The highest BCUT2D eigenvalue weighted by molar-refractivity contribution is 7.93. The maximum absolute atomic E-state index is 11.6. The van der Waals surface area contributed by atoms with Gasteiger partial charge in [0.25, 0.3) is 5.91 Å². The van der Waals surface area contributed by atoms with E-state index >= 15 is 0 Å². The van der Waals surface area contributed by atoms with Gasteiger partial charge in [0, 0.05) is 17.2 Å². The van der Waals surface area contributed by atoms with Crippen LogP contribution in [0.15, 0.2) is 4.34 Å². The lowest BCUT2D eigenvalue weighted by molar-refractivity contribution is 0.0942. The predicted molar refractivity (Wildman–Crippen MR) is 64.1 cm³/mol. The summed E-state index contributed by atoms with van der Waals surface area (Å²) in [5.74, 6) is 0.299. The third kappa shape index (κ3) is 3.73. The van der Waals surface area contributed by atoms with Crippen LogP contribution < -0.4 is 5.32 Å².